The summed E-state index contributed by atoms with van der Waals surface area (Å²) in [6, 6.07) is 4.92. The molecule has 0 bridgehead atoms. The summed E-state index contributed by atoms with van der Waals surface area (Å²) in [6.07, 6.45) is 6.62. The van der Waals surface area contributed by atoms with Gasteiger partial charge in [-0.1, -0.05) is 9.95 Å². The number of aromatic nitrogens is 4. The van der Waals surface area contributed by atoms with Crippen LogP contribution in [0.5, 0.6) is 5.75 Å². The van der Waals surface area contributed by atoms with E-state index in [0.717, 1.165) is 43.9 Å². The molecule has 0 amide bonds. The number of anilines is 3. The fourth-order valence-corrected chi connectivity index (χ4v) is 4.61. The van der Waals surface area contributed by atoms with Gasteiger partial charge in [0.2, 0.25) is 0 Å². The molecule has 2 aromatic heterocycles. The van der Waals surface area contributed by atoms with Crippen LogP contribution in [0.3, 0.4) is 0 Å². The number of fused-ring (bicyclic) bond motifs is 2. The molecule has 30 heavy (non-hydrogen) atoms. The van der Waals surface area contributed by atoms with Crippen molar-refractivity contribution in [1.29, 1.82) is 0 Å². The van der Waals surface area contributed by atoms with Gasteiger partial charge in [-0.05, 0) is 44.2 Å². The Morgan fingerprint density at radius 3 is 2.73 bits per heavy atom. The molecule has 1 N–H and O–H groups in total. The molecule has 4 heterocycles. The Morgan fingerprint density at radius 1 is 1.10 bits per heavy atom. The number of hydrogen-bond donors (Lipinski definition) is 1. The largest absolute Gasteiger partial charge is 0.488 e. The van der Waals surface area contributed by atoms with Crippen LogP contribution in [0, 0.1) is 0 Å². The molecular formula is C19H21FN6O3S. The lowest BCUT2D eigenvalue weighted by atomic mass is 10.0. The summed E-state index contributed by atoms with van der Waals surface area (Å²) in [7, 11) is -5.10. The molecular weight excluding hydrogens is 411 g/mol. The highest BCUT2D eigenvalue weighted by Gasteiger charge is 2.27. The Morgan fingerprint density at radius 2 is 1.93 bits per heavy atom. The van der Waals surface area contributed by atoms with Crippen LogP contribution in [0.1, 0.15) is 31.2 Å². The summed E-state index contributed by atoms with van der Waals surface area (Å²) in [4.78, 5) is 13.5. The molecule has 1 fully saturated rings. The van der Waals surface area contributed by atoms with Crippen LogP contribution in [0.4, 0.5) is 21.2 Å². The van der Waals surface area contributed by atoms with Crippen molar-refractivity contribution in [3.8, 4) is 5.75 Å². The van der Waals surface area contributed by atoms with Gasteiger partial charge in [0.1, 0.15) is 5.82 Å². The Bertz CT molecular complexity index is 1190. The van der Waals surface area contributed by atoms with Crippen molar-refractivity contribution in [2.75, 3.05) is 29.4 Å². The minimum atomic E-state index is -5.10. The summed E-state index contributed by atoms with van der Waals surface area (Å²) in [5.74, 6) is 1.43. The van der Waals surface area contributed by atoms with Gasteiger partial charge in [-0.15, -0.1) is 0 Å². The third kappa shape index (κ3) is 3.53. The number of aromatic amines is 1. The van der Waals surface area contributed by atoms with Crippen molar-refractivity contribution < 1.29 is 16.5 Å². The number of hydrogen-bond acceptors (Lipinski definition) is 8. The van der Waals surface area contributed by atoms with Crippen LogP contribution in [-0.2, 0) is 16.9 Å². The van der Waals surface area contributed by atoms with Gasteiger partial charge in [0.25, 0.3) is 0 Å². The third-order valence-corrected chi connectivity index (χ3v) is 5.95. The smallest absolute Gasteiger partial charge is 0.358 e. The fraction of sp³-hybridized carbons (Fsp3) is 0.421. The van der Waals surface area contributed by atoms with E-state index in [1.807, 2.05) is 11.0 Å². The SMILES string of the molecule is O=S(=O)(F)Oc1cccc2c1CCCN2c1n[nH]c2nc(N3CCCCC3)cnc12. The van der Waals surface area contributed by atoms with Gasteiger partial charge in [0.05, 0.1) is 6.20 Å². The van der Waals surface area contributed by atoms with E-state index in [2.05, 4.69) is 24.3 Å². The molecule has 3 aromatic rings. The van der Waals surface area contributed by atoms with Crippen molar-refractivity contribution in [1.82, 2.24) is 20.2 Å². The highest BCUT2D eigenvalue weighted by molar-refractivity contribution is 7.81. The number of nitrogens with zero attached hydrogens (tertiary/aromatic N) is 5. The minimum Gasteiger partial charge on any atom is -0.358 e. The Kier molecular flexibility index (Phi) is 4.69. The average molecular weight is 432 g/mol. The highest BCUT2D eigenvalue weighted by atomic mass is 32.3. The molecule has 2 aliphatic rings. The van der Waals surface area contributed by atoms with Crippen LogP contribution in [0.15, 0.2) is 24.4 Å². The Balaban J connectivity index is 1.52. The second kappa shape index (κ2) is 7.38. The second-order valence-electron chi connectivity index (χ2n) is 7.51. The third-order valence-electron chi connectivity index (χ3n) is 5.57. The molecule has 11 heteroatoms. The molecule has 1 aromatic carbocycles. The second-order valence-corrected chi connectivity index (χ2v) is 8.46. The van der Waals surface area contributed by atoms with Crippen molar-refractivity contribution in [3.05, 3.63) is 30.0 Å². The van der Waals surface area contributed by atoms with E-state index in [1.165, 1.54) is 12.5 Å². The van der Waals surface area contributed by atoms with Gasteiger partial charge < -0.3 is 14.0 Å². The van der Waals surface area contributed by atoms with E-state index in [9.17, 15) is 12.3 Å². The van der Waals surface area contributed by atoms with E-state index >= 15 is 0 Å². The fourth-order valence-electron chi connectivity index (χ4n) is 4.24. The van der Waals surface area contributed by atoms with Crippen LogP contribution < -0.4 is 14.0 Å². The molecule has 9 nitrogen and oxygen atoms in total. The van der Waals surface area contributed by atoms with E-state index in [0.29, 0.717) is 35.5 Å². The number of rotatable bonds is 4. The Hall–Kier alpha value is -2.95. The van der Waals surface area contributed by atoms with Gasteiger partial charge in [-0.3, -0.25) is 5.10 Å². The number of nitrogens with one attached hydrogen (secondary N) is 1. The topological polar surface area (TPSA) is 104 Å². The van der Waals surface area contributed by atoms with E-state index < -0.39 is 10.5 Å². The van der Waals surface area contributed by atoms with Crippen LogP contribution in [0.2, 0.25) is 0 Å². The summed E-state index contributed by atoms with van der Waals surface area (Å²) >= 11 is 0. The highest BCUT2D eigenvalue weighted by Crippen LogP contribution is 2.39. The van der Waals surface area contributed by atoms with Gasteiger partial charge in [-0.2, -0.15) is 13.5 Å². The van der Waals surface area contributed by atoms with Crippen LogP contribution >= 0.6 is 0 Å². The zero-order valence-electron chi connectivity index (χ0n) is 16.2. The molecule has 0 spiro atoms. The van der Waals surface area contributed by atoms with E-state index in [1.54, 1.807) is 12.3 Å². The number of halogens is 1. The van der Waals surface area contributed by atoms with Gasteiger partial charge >= 0.3 is 10.5 Å². The molecule has 0 radical (unpaired) electrons. The van der Waals surface area contributed by atoms with E-state index in [-0.39, 0.29) is 5.75 Å². The van der Waals surface area contributed by atoms with Gasteiger partial charge in [0.15, 0.2) is 22.7 Å². The maximum Gasteiger partial charge on any atom is 0.488 e. The molecule has 0 unspecified atom stereocenters. The number of H-pyrrole nitrogens is 1. The molecule has 0 atom stereocenters. The number of benzene rings is 1. The van der Waals surface area contributed by atoms with Crippen molar-refractivity contribution in [3.63, 3.8) is 0 Å². The van der Waals surface area contributed by atoms with Crippen LogP contribution in [0.25, 0.3) is 11.2 Å². The average Bonchev–Trinajstić information content (AvgIpc) is 3.16. The van der Waals surface area contributed by atoms with Gasteiger partial charge in [-0.25, -0.2) is 9.97 Å². The predicted octanol–water partition coefficient (Wildman–Crippen LogP) is 3.02. The van der Waals surface area contributed by atoms with Crippen molar-refractivity contribution in [2.45, 2.75) is 32.1 Å². The summed E-state index contributed by atoms with van der Waals surface area (Å²) in [6.45, 7) is 2.61. The summed E-state index contributed by atoms with van der Waals surface area (Å²) in [5.41, 5.74) is 2.57. The van der Waals surface area contributed by atoms with Crippen molar-refractivity contribution in [2.24, 2.45) is 0 Å². The normalized spacial score (nSPS) is 17.2. The lowest BCUT2D eigenvalue weighted by Crippen LogP contribution is -2.30. The quantitative estimate of drug-likeness (QED) is 0.628. The first-order chi connectivity index (χ1) is 14.5. The lowest BCUT2D eigenvalue weighted by Gasteiger charge is -2.30. The zero-order chi connectivity index (χ0) is 20.7. The van der Waals surface area contributed by atoms with Crippen molar-refractivity contribution >= 4 is 39.0 Å². The maximum atomic E-state index is 13.1. The summed E-state index contributed by atoms with van der Waals surface area (Å²) in [5, 5.41) is 7.40. The van der Waals surface area contributed by atoms with E-state index in [4.69, 9.17) is 4.98 Å². The zero-order valence-corrected chi connectivity index (χ0v) is 17.0. The lowest BCUT2D eigenvalue weighted by molar-refractivity contribution is 0.437. The molecule has 0 saturated carbocycles. The first-order valence-corrected chi connectivity index (χ1v) is 11.3. The predicted molar refractivity (Wildman–Crippen MR) is 110 cm³/mol. The molecule has 158 valence electrons. The maximum absolute atomic E-state index is 13.1. The first kappa shape index (κ1) is 19.0. The summed E-state index contributed by atoms with van der Waals surface area (Å²) < 4.78 is 39.6. The molecule has 0 aliphatic carbocycles. The molecule has 2 aliphatic heterocycles. The first-order valence-electron chi connectivity index (χ1n) is 9.99. The van der Waals surface area contributed by atoms with Gasteiger partial charge in [0, 0.05) is 30.9 Å². The minimum absolute atomic E-state index is 0.00184. The number of piperidine rings is 1. The molecule has 1 saturated heterocycles. The monoisotopic (exact) mass is 432 g/mol. The van der Waals surface area contributed by atoms with Crippen LogP contribution in [-0.4, -0.2) is 48.2 Å². The molecule has 5 rings (SSSR count). The standard InChI is InChI=1S/C19H21FN6O3S/c20-30(27,28)29-15-8-4-7-14-13(15)6-5-11-26(14)19-17-18(23-24-19)22-16(12-21-17)25-9-2-1-3-10-25/h4,7-8,12H,1-3,5-6,9-11H2,(H,22,23,24). The Labute approximate surface area is 173 Å².